The molecule has 1 atom stereocenters. The largest absolute Gasteiger partial charge is 0.493 e. The normalized spacial score (nSPS) is 14.8. The SMILES string of the molecule is COc1cc2nc(N3CCN(C(=O)c4ccco4)CC3)nc(NC(=O)[C@H](C)N)c2cc1OC. The average Bonchev–Trinajstić information content (AvgIpc) is 3.37. The Morgan fingerprint density at radius 2 is 1.82 bits per heavy atom. The summed E-state index contributed by atoms with van der Waals surface area (Å²) in [6.45, 7) is 3.60. The number of anilines is 2. The summed E-state index contributed by atoms with van der Waals surface area (Å²) >= 11 is 0. The van der Waals surface area contributed by atoms with Gasteiger partial charge in [-0.1, -0.05) is 0 Å². The average molecular weight is 454 g/mol. The number of nitrogens with one attached hydrogen (secondary N) is 1. The lowest BCUT2D eigenvalue weighted by Crippen LogP contribution is -2.49. The number of nitrogens with two attached hydrogens (primary N) is 1. The Kier molecular flexibility index (Phi) is 6.31. The number of hydrogen-bond donors (Lipinski definition) is 2. The highest BCUT2D eigenvalue weighted by Crippen LogP contribution is 2.35. The van der Waals surface area contributed by atoms with Crippen LogP contribution in [-0.2, 0) is 4.79 Å². The third-order valence-corrected chi connectivity index (χ3v) is 5.43. The molecule has 3 aromatic rings. The minimum atomic E-state index is -0.713. The van der Waals surface area contributed by atoms with Crippen LogP contribution in [0.4, 0.5) is 11.8 Å². The monoisotopic (exact) mass is 454 g/mol. The summed E-state index contributed by atoms with van der Waals surface area (Å²) in [6, 6.07) is 6.07. The summed E-state index contributed by atoms with van der Waals surface area (Å²) in [6.07, 6.45) is 1.48. The molecule has 0 aliphatic carbocycles. The van der Waals surface area contributed by atoms with Crippen LogP contribution in [0.15, 0.2) is 34.9 Å². The fourth-order valence-corrected chi connectivity index (χ4v) is 3.58. The number of hydrogen-bond acceptors (Lipinski definition) is 9. The molecular weight excluding hydrogens is 428 g/mol. The van der Waals surface area contributed by atoms with Crippen LogP contribution >= 0.6 is 0 Å². The molecule has 1 fully saturated rings. The van der Waals surface area contributed by atoms with Crippen molar-refractivity contribution in [3.63, 3.8) is 0 Å². The highest BCUT2D eigenvalue weighted by atomic mass is 16.5. The van der Waals surface area contributed by atoms with Gasteiger partial charge in [-0.2, -0.15) is 4.98 Å². The molecule has 33 heavy (non-hydrogen) atoms. The summed E-state index contributed by atoms with van der Waals surface area (Å²) in [5.41, 5.74) is 6.31. The zero-order valence-electron chi connectivity index (χ0n) is 18.7. The van der Waals surface area contributed by atoms with Crippen LogP contribution in [-0.4, -0.2) is 73.1 Å². The van der Waals surface area contributed by atoms with E-state index in [-0.39, 0.29) is 11.8 Å². The minimum Gasteiger partial charge on any atom is -0.493 e. The lowest BCUT2D eigenvalue weighted by atomic mass is 10.2. The third kappa shape index (κ3) is 4.53. The fraction of sp³-hybridized carbons (Fsp3) is 0.364. The van der Waals surface area contributed by atoms with Gasteiger partial charge in [0.1, 0.15) is 5.82 Å². The van der Waals surface area contributed by atoms with Gasteiger partial charge in [-0.3, -0.25) is 9.59 Å². The summed E-state index contributed by atoms with van der Waals surface area (Å²) in [7, 11) is 3.07. The maximum absolute atomic E-state index is 12.5. The Balaban J connectivity index is 1.64. The first-order valence-corrected chi connectivity index (χ1v) is 10.5. The summed E-state index contributed by atoms with van der Waals surface area (Å²) < 4.78 is 16.0. The van der Waals surface area contributed by atoms with Crippen molar-refractivity contribution in [3.8, 4) is 11.5 Å². The van der Waals surface area contributed by atoms with E-state index in [1.807, 2.05) is 4.90 Å². The van der Waals surface area contributed by atoms with Crippen molar-refractivity contribution >= 4 is 34.5 Å². The molecule has 0 unspecified atom stereocenters. The van der Waals surface area contributed by atoms with Gasteiger partial charge >= 0.3 is 0 Å². The minimum absolute atomic E-state index is 0.152. The van der Waals surface area contributed by atoms with Gasteiger partial charge in [0, 0.05) is 37.6 Å². The molecule has 4 rings (SSSR count). The number of aromatic nitrogens is 2. The van der Waals surface area contributed by atoms with Crippen molar-refractivity contribution in [2.24, 2.45) is 5.73 Å². The number of carbonyl (C=O) groups is 2. The Morgan fingerprint density at radius 3 is 2.42 bits per heavy atom. The first kappa shape index (κ1) is 22.3. The molecule has 3 N–H and O–H groups in total. The van der Waals surface area contributed by atoms with E-state index < -0.39 is 6.04 Å². The van der Waals surface area contributed by atoms with E-state index in [1.54, 1.807) is 43.2 Å². The van der Waals surface area contributed by atoms with Crippen LogP contribution in [0, 0.1) is 0 Å². The summed E-state index contributed by atoms with van der Waals surface area (Å²) in [5, 5.41) is 3.38. The Labute approximate surface area is 190 Å². The van der Waals surface area contributed by atoms with E-state index >= 15 is 0 Å². The number of furan rings is 1. The molecule has 11 heteroatoms. The fourth-order valence-electron chi connectivity index (χ4n) is 3.58. The van der Waals surface area contributed by atoms with Crippen molar-refractivity contribution in [1.29, 1.82) is 0 Å². The predicted molar refractivity (Wildman–Crippen MR) is 122 cm³/mol. The van der Waals surface area contributed by atoms with E-state index in [4.69, 9.17) is 24.6 Å². The number of nitrogens with zero attached hydrogens (tertiary/aromatic N) is 4. The molecule has 0 radical (unpaired) electrons. The molecule has 1 saturated heterocycles. The van der Waals surface area contributed by atoms with Crippen molar-refractivity contribution < 1.29 is 23.5 Å². The highest BCUT2D eigenvalue weighted by Gasteiger charge is 2.26. The number of fused-ring (bicyclic) bond motifs is 1. The molecule has 2 amide bonds. The Bertz CT molecular complexity index is 1160. The number of ether oxygens (including phenoxy) is 2. The second-order valence-corrected chi connectivity index (χ2v) is 7.63. The molecule has 1 aliphatic heterocycles. The van der Waals surface area contributed by atoms with E-state index in [2.05, 4.69) is 10.3 Å². The van der Waals surface area contributed by atoms with Gasteiger partial charge in [0.2, 0.25) is 11.9 Å². The maximum atomic E-state index is 12.5. The summed E-state index contributed by atoms with van der Waals surface area (Å²) in [5.74, 6) is 1.54. The molecule has 0 spiro atoms. The van der Waals surface area contributed by atoms with Crippen LogP contribution in [0.2, 0.25) is 0 Å². The van der Waals surface area contributed by atoms with Crippen LogP contribution in [0.1, 0.15) is 17.5 Å². The first-order valence-electron chi connectivity index (χ1n) is 10.5. The second kappa shape index (κ2) is 9.33. The number of amides is 2. The van der Waals surface area contributed by atoms with Gasteiger partial charge in [-0.15, -0.1) is 0 Å². The zero-order chi connectivity index (χ0) is 23.5. The van der Waals surface area contributed by atoms with Crippen molar-refractivity contribution in [3.05, 3.63) is 36.3 Å². The van der Waals surface area contributed by atoms with Gasteiger partial charge in [0.25, 0.3) is 5.91 Å². The molecule has 1 aromatic carbocycles. The van der Waals surface area contributed by atoms with E-state index in [0.717, 1.165) is 0 Å². The van der Waals surface area contributed by atoms with E-state index in [9.17, 15) is 9.59 Å². The van der Waals surface area contributed by atoms with Crippen LogP contribution in [0.3, 0.4) is 0 Å². The zero-order valence-corrected chi connectivity index (χ0v) is 18.7. The van der Waals surface area contributed by atoms with Crippen LogP contribution < -0.4 is 25.4 Å². The standard InChI is InChI=1S/C22H26N6O5/c1-13(23)20(29)25-19-14-11-17(31-2)18(32-3)12-15(14)24-22(26-19)28-8-6-27(7-9-28)21(30)16-5-4-10-33-16/h4-5,10-13H,6-9,23H2,1-3H3,(H,24,25,26,29)/t13-/m0/s1. The molecule has 0 saturated carbocycles. The quantitative estimate of drug-likeness (QED) is 0.567. The maximum Gasteiger partial charge on any atom is 0.289 e. The van der Waals surface area contributed by atoms with Crippen molar-refractivity contribution in [2.45, 2.75) is 13.0 Å². The van der Waals surface area contributed by atoms with Crippen LogP contribution in [0.25, 0.3) is 10.9 Å². The van der Waals surface area contributed by atoms with Gasteiger partial charge in [0.05, 0.1) is 32.0 Å². The molecular formula is C22H26N6O5. The number of rotatable bonds is 6. The predicted octanol–water partition coefficient (Wildman–Crippen LogP) is 1.49. The molecule has 11 nitrogen and oxygen atoms in total. The second-order valence-electron chi connectivity index (χ2n) is 7.63. The van der Waals surface area contributed by atoms with Gasteiger partial charge in [-0.25, -0.2) is 4.98 Å². The third-order valence-electron chi connectivity index (χ3n) is 5.43. The Hall–Kier alpha value is -3.86. The van der Waals surface area contributed by atoms with Crippen molar-refractivity contribution in [1.82, 2.24) is 14.9 Å². The van der Waals surface area contributed by atoms with Crippen molar-refractivity contribution in [2.75, 3.05) is 50.6 Å². The van der Waals surface area contributed by atoms with Gasteiger partial charge in [0.15, 0.2) is 17.3 Å². The number of piperazine rings is 1. The number of carbonyl (C=O) groups excluding carboxylic acids is 2. The van der Waals surface area contributed by atoms with E-state index in [0.29, 0.717) is 66.1 Å². The van der Waals surface area contributed by atoms with Crippen LogP contribution in [0.5, 0.6) is 11.5 Å². The molecule has 1 aliphatic rings. The summed E-state index contributed by atoms with van der Waals surface area (Å²) in [4.78, 5) is 37.9. The molecule has 2 aromatic heterocycles. The molecule has 174 valence electrons. The Morgan fingerprint density at radius 1 is 1.12 bits per heavy atom. The van der Waals surface area contributed by atoms with Gasteiger partial charge < -0.3 is 34.7 Å². The first-order chi connectivity index (χ1) is 15.9. The molecule has 0 bridgehead atoms. The van der Waals surface area contributed by atoms with Gasteiger partial charge in [-0.05, 0) is 25.1 Å². The smallest absolute Gasteiger partial charge is 0.289 e. The lowest BCUT2D eigenvalue weighted by Gasteiger charge is -2.34. The molecule has 3 heterocycles. The van der Waals surface area contributed by atoms with E-state index in [1.165, 1.54) is 13.4 Å². The highest BCUT2D eigenvalue weighted by molar-refractivity contribution is 6.02. The topological polar surface area (TPSA) is 136 Å². The number of benzene rings is 1. The lowest BCUT2D eigenvalue weighted by molar-refractivity contribution is -0.117. The number of methoxy groups -OCH3 is 2.